The first-order valence-electron chi connectivity index (χ1n) is 5.34. The Hall–Kier alpha value is -1.04. The molecule has 0 radical (unpaired) electrons. The van der Waals surface area contributed by atoms with E-state index in [0.29, 0.717) is 0 Å². The third-order valence-corrected chi connectivity index (χ3v) is 4.14. The summed E-state index contributed by atoms with van der Waals surface area (Å²) in [7, 11) is 0. The summed E-state index contributed by atoms with van der Waals surface area (Å²) < 4.78 is -0.233. The van der Waals surface area contributed by atoms with Gasteiger partial charge in [0.25, 0.3) is 0 Å². The van der Waals surface area contributed by atoms with Crippen LogP contribution in [0.25, 0.3) is 0 Å². The predicted octanol–water partition coefficient (Wildman–Crippen LogP) is 1.23. The van der Waals surface area contributed by atoms with Crippen LogP contribution in [0.5, 0.6) is 0 Å². The van der Waals surface area contributed by atoms with Gasteiger partial charge in [-0.25, -0.2) is 4.79 Å². The maximum atomic E-state index is 12.1. The Kier molecular flexibility index (Phi) is 3.57. The second kappa shape index (κ2) is 4.33. The Labute approximate surface area is 105 Å². The van der Waals surface area contributed by atoms with Crippen molar-refractivity contribution in [1.29, 1.82) is 0 Å². The molecule has 1 N–H and O–H groups in total. The molecule has 1 aliphatic heterocycles. The van der Waals surface area contributed by atoms with Crippen LogP contribution in [0.1, 0.15) is 27.7 Å². The number of amides is 4. The van der Waals surface area contributed by atoms with Gasteiger partial charge in [-0.2, -0.15) is 11.8 Å². The number of rotatable bonds is 3. The fraction of sp³-hybridized carbons (Fsp3) is 0.727. The molecule has 0 bridgehead atoms. The van der Waals surface area contributed by atoms with Crippen LogP contribution in [-0.2, 0) is 9.59 Å². The van der Waals surface area contributed by atoms with Gasteiger partial charge in [-0.15, -0.1) is 0 Å². The quantitative estimate of drug-likeness (QED) is 0.773. The second-order valence-electron chi connectivity index (χ2n) is 5.24. The summed E-state index contributed by atoms with van der Waals surface area (Å²) in [5.74, 6) is -0.973. The Balaban J connectivity index is 2.96. The van der Waals surface area contributed by atoms with Crippen molar-refractivity contribution >= 4 is 29.6 Å². The SMILES string of the molecule is CSC(C)(C)CN1C(=O)NC(=O)C(C)(C)C1=O. The molecule has 0 unspecified atom stereocenters. The number of imide groups is 2. The molecular formula is C11H18N2O3S. The number of thioether (sulfide) groups is 1. The molecule has 1 saturated heterocycles. The molecule has 1 heterocycles. The number of hydrogen-bond acceptors (Lipinski definition) is 4. The monoisotopic (exact) mass is 258 g/mol. The van der Waals surface area contributed by atoms with Crippen molar-refractivity contribution in [1.82, 2.24) is 10.2 Å². The molecule has 0 saturated carbocycles. The van der Waals surface area contributed by atoms with E-state index < -0.39 is 23.3 Å². The summed E-state index contributed by atoms with van der Waals surface area (Å²) >= 11 is 1.57. The summed E-state index contributed by atoms with van der Waals surface area (Å²) in [6.45, 7) is 7.23. The lowest BCUT2D eigenvalue weighted by atomic mass is 9.88. The Morgan fingerprint density at radius 3 is 2.29 bits per heavy atom. The molecule has 1 rings (SSSR count). The minimum absolute atomic E-state index is 0.233. The van der Waals surface area contributed by atoms with E-state index in [1.54, 1.807) is 11.8 Å². The molecule has 1 fully saturated rings. The van der Waals surface area contributed by atoms with Crippen LogP contribution in [0.15, 0.2) is 0 Å². The van der Waals surface area contributed by atoms with E-state index in [1.807, 2.05) is 20.1 Å². The van der Waals surface area contributed by atoms with Crippen LogP contribution >= 0.6 is 11.8 Å². The highest BCUT2D eigenvalue weighted by Crippen LogP contribution is 2.28. The molecule has 0 aliphatic carbocycles. The zero-order valence-corrected chi connectivity index (χ0v) is 11.6. The van der Waals surface area contributed by atoms with E-state index in [1.165, 1.54) is 13.8 Å². The van der Waals surface area contributed by atoms with E-state index in [2.05, 4.69) is 5.32 Å². The zero-order chi connectivity index (χ0) is 13.4. The highest BCUT2D eigenvalue weighted by atomic mass is 32.2. The number of nitrogens with zero attached hydrogens (tertiary/aromatic N) is 1. The Morgan fingerprint density at radius 2 is 1.82 bits per heavy atom. The normalized spacial score (nSPS) is 20.5. The van der Waals surface area contributed by atoms with Crippen LogP contribution in [0.4, 0.5) is 4.79 Å². The number of carbonyl (C=O) groups excluding carboxylic acids is 3. The molecule has 0 aromatic heterocycles. The summed E-state index contributed by atoms with van der Waals surface area (Å²) in [5, 5.41) is 2.21. The van der Waals surface area contributed by atoms with Crippen molar-refractivity contribution < 1.29 is 14.4 Å². The minimum Gasteiger partial charge on any atom is -0.277 e. The van der Waals surface area contributed by atoms with E-state index in [9.17, 15) is 14.4 Å². The van der Waals surface area contributed by atoms with Crippen molar-refractivity contribution in [2.45, 2.75) is 32.4 Å². The number of barbiturate groups is 1. The fourth-order valence-electron chi connectivity index (χ4n) is 1.44. The van der Waals surface area contributed by atoms with Crippen molar-refractivity contribution in [3.63, 3.8) is 0 Å². The standard InChI is InChI=1S/C11H18N2O3S/c1-10(2,17-5)6-13-8(15)11(3,4)7(14)12-9(13)16/h6H2,1-5H3,(H,12,14,16). The summed E-state index contributed by atoms with van der Waals surface area (Å²) in [6, 6.07) is -0.624. The van der Waals surface area contributed by atoms with Gasteiger partial charge in [-0.1, -0.05) is 0 Å². The number of nitrogens with one attached hydrogen (secondary N) is 1. The highest BCUT2D eigenvalue weighted by Gasteiger charge is 2.47. The van der Waals surface area contributed by atoms with Crippen molar-refractivity contribution in [3.8, 4) is 0 Å². The number of hydrogen-bond donors (Lipinski definition) is 1. The van der Waals surface area contributed by atoms with Crippen LogP contribution in [0, 0.1) is 5.41 Å². The molecule has 6 heteroatoms. The van der Waals surface area contributed by atoms with Crippen LogP contribution in [-0.4, -0.2) is 40.3 Å². The van der Waals surface area contributed by atoms with E-state index in [-0.39, 0.29) is 11.3 Å². The lowest BCUT2D eigenvalue weighted by molar-refractivity contribution is -0.149. The molecule has 0 atom stereocenters. The molecule has 1 aliphatic rings. The van der Waals surface area contributed by atoms with Gasteiger partial charge >= 0.3 is 6.03 Å². The summed E-state index contributed by atoms with van der Waals surface area (Å²) in [4.78, 5) is 36.4. The van der Waals surface area contributed by atoms with Gasteiger partial charge in [0.15, 0.2) is 0 Å². The van der Waals surface area contributed by atoms with Crippen LogP contribution < -0.4 is 5.32 Å². The average Bonchev–Trinajstić information content (AvgIpc) is 2.23. The Morgan fingerprint density at radius 1 is 1.29 bits per heavy atom. The molecule has 96 valence electrons. The molecule has 4 amide bonds. The minimum atomic E-state index is -1.18. The van der Waals surface area contributed by atoms with Gasteiger partial charge in [0.1, 0.15) is 5.41 Å². The maximum absolute atomic E-state index is 12.1. The third kappa shape index (κ3) is 2.62. The zero-order valence-electron chi connectivity index (χ0n) is 10.8. The fourth-order valence-corrected chi connectivity index (χ4v) is 1.69. The van der Waals surface area contributed by atoms with Gasteiger partial charge in [-0.05, 0) is 34.0 Å². The maximum Gasteiger partial charge on any atom is 0.330 e. The summed E-state index contributed by atoms with van der Waals surface area (Å²) in [6.07, 6.45) is 1.92. The highest BCUT2D eigenvalue weighted by molar-refractivity contribution is 7.99. The van der Waals surface area contributed by atoms with E-state index in [4.69, 9.17) is 0 Å². The molecule has 0 aromatic rings. The van der Waals surface area contributed by atoms with Crippen LogP contribution in [0.3, 0.4) is 0 Å². The van der Waals surface area contributed by atoms with Gasteiger partial charge in [-0.3, -0.25) is 19.8 Å². The summed E-state index contributed by atoms with van der Waals surface area (Å²) in [5.41, 5.74) is -1.18. The smallest absolute Gasteiger partial charge is 0.277 e. The number of carbonyl (C=O) groups is 3. The van der Waals surface area contributed by atoms with Gasteiger partial charge in [0.05, 0.1) is 0 Å². The molecule has 5 nitrogen and oxygen atoms in total. The molecular weight excluding hydrogens is 240 g/mol. The largest absolute Gasteiger partial charge is 0.330 e. The van der Waals surface area contributed by atoms with Crippen molar-refractivity contribution in [2.75, 3.05) is 12.8 Å². The third-order valence-electron chi connectivity index (χ3n) is 2.90. The van der Waals surface area contributed by atoms with Crippen molar-refractivity contribution in [2.24, 2.45) is 5.41 Å². The topological polar surface area (TPSA) is 66.5 Å². The lowest BCUT2D eigenvalue weighted by Gasteiger charge is -2.38. The van der Waals surface area contributed by atoms with E-state index in [0.717, 1.165) is 4.90 Å². The van der Waals surface area contributed by atoms with E-state index >= 15 is 0 Å². The van der Waals surface area contributed by atoms with Crippen LogP contribution in [0.2, 0.25) is 0 Å². The lowest BCUT2D eigenvalue weighted by Crippen LogP contribution is -2.63. The van der Waals surface area contributed by atoms with Gasteiger partial charge < -0.3 is 0 Å². The second-order valence-corrected chi connectivity index (χ2v) is 6.75. The first-order chi connectivity index (χ1) is 7.62. The molecule has 17 heavy (non-hydrogen) atoms. The van der Waals surface area contributed by atoms with Gasteiger partial charge in [0.2, 0.25) is 11.8 Å². The number of urea groups is 1. The average molecular weight is 258 g/mol. The van der Waals surface area contributed by atoms with Crippen molar-refractivity contribution in [3.05, 3.63) is 0 Å². The molecule has 0 spiro atoms. The first kappa shape index (κ1) is 14.0. The Bertz CT molecular complexity index is 377. The first-order valence-corrected chi connectivity index (χ1v) is 6.57. The van der Waals surface area contributed by atoms with Gasteiger partial charge in [0, 0.05) is 11.3 Å². The molecule has 0 aromatic carbocycles. The predicted molar refractivity (Wildman–Crippen MR) is 66.6 cm³/mol.